The summed E-state index contributed by atoms with van der Waals surface area (Å²) in [5.41, 5.74) is 6.30. The van der Waals surface area contributed by atoms with Gasteiger partial charge in [0.15, 0.2) is 16.6 Å². The molecule has 23 heavy (non-hydrogen) atoms. The van der Waals surface area contributed by atoms with E-state index < -0.39 is 0 Å². The molecule has 0 spiro atoms. The largest absolute Gasteiger partial charge is 0.293 e. The lowest BCUT2D eigenvalue weighted by Gasteiger charge is -2.13. The lowest BCUT2D eigenvalue weighted by molar-refractivity contribution is 0.102. The lowest BCUT2D eigenvalue weighted by Crippen LogP contribution is -2.08. The van der Waals surface area contributed by atoms with Crippen LogP contribution in [0.5, 0.6) is 0 Å². The number of aromatic nitrogens is 3. The van der Waals surface area contributed by atoms with Crippen LogP contribution in [0.1, 0.15) is 32.6 Å². The van der Waals surface area contributed by atoms with E-state index in [9.17, 15) is 4.79 Å². The van der Waals surface area contributed by atoms with Crippen molar-refractivity contribution in [1.29, 1.82) is 0 Å². The predicted molar refractivity (Wildman–Crippen MR) is 93.4 cm³/mol. The van der Waals surface area contributed by atoms with Crippen LogP contribution < -0.4 is 0 Å². The number of aryl methyl sites for hydroxylation is 1. The Morgan fingerprint density at radius 1 is 1.09 bits per heavy atom. The van der Waals surface area contributed by atoms with Crippen LogP contribution in [0.2, 0.25) is 0 Å². The zero-order chi connectivity index (χ0) is 16.6. The zero-order valence-electron chi connectivity index (χ0n) is 13.8. The minimum absolute atomic E-state index is 0.131. The highest BCUT2D eigenvalue weighted by Gasteiger charge is 2.15. The summed E-state index contributed by atoms with van der Waals surface area (Å²) in [7, 11) is 0. The molecule has 0 N–H and O–H groups in total. The Bertz CT molecular complexity index is 899. The van der Waals surface area contributed by atoms with E-state index in [2.05, 4.69) is 31.0 Å². The first-order valence-corrected chi connectivity index (χ1v) is 8.50. The molecule has 2 aromatic heterocycles. The highest BCUT2D eigenvalue weighted by molar-refractivity contribution is 7.99. The number of fused-ring (bicyclic) bond motifs is 1. The van der Waals surface area contributed by atoms with Crippen LogP contribution >= 0.6 is 11.8 Å². The summed E-state index contributed by atoms with van der Waals surface area (Å²) < 4.78 is 1.90. The number of rotatable bonds is 4. The Morgan fingerprint density at radius 2 is 1.87 bits per heavy atom. The number of ketones is 1. The number of nitrogens with zero attached hydrogens (tertiary/aromatic N) is 3. The predicted octanol–water partition coefficient (Wildman–Crippen LogP) is 3.94. The standard InChI is InChI=1S/C18H19N3OS/c1-11-9-15(14(4)13(3)12(11)2)16(22)10-23-18-20-19-17-7-5-6-8-21(17)18/h5-9H,10H2,1-4H3. The molecule has 3 rings (SSSR count). The minimum atomic E-state index is 0.131. The maximum absolute atomic E-state index is 12.6. The van der Waals surface area contributed by atoms with Crippen LogP contribution in [0.3, 0.4) is 0 Å². The van der Waals surface area contributed by atoms with Gasteiger partial charge in [-0.1, -0.05) is 17.8 Å². The summed E-state index contributed by atoms with van der Waals surface area (Å²) >= 11 is 1.42. The Hall–Kier alpha value is -2.14. The molecule has 0 aliphatic heterocycles. The van der Waals surface area contributed by atoms with Crippen LogP contribution in [-0.4, -0.2) is 26.1 Å². The van der Waals surface area contributed by atoms with Gasteiger partial charge in [-0.25, -0.2) is 0 Å². The molecule has 0 saturated carbocycles. The van der Waals surface area contributed by atoms with Crippen molar-refractivity contribution in [2.45, 2.75) is 32.9 Å². The first kappa shape index (κ1) is 15.7. The van der Waals surface area contributed by atoms with Gasteiger partial charge < -0.3 is 0 Å². The molecule has 0 saturated heterocycles. The van der Waals surface area contributed by atoms with Crippen molar-refractivity contribution >= 4 is 23.2 Å². The molecular formula is C18H19N3OS. The number of hydrogen-bond donors (Lipinski definition) is 0. The quantitative estimate of drug-likeness (QED) is 0.538. The van der Waals surface area contributed by atoms with E-state index in [0.29, 0.717) is 5.75 Å². The van der Waals surface area contributed by atoms with E-state index in [4.69, 9.17) is 0 Å². The Balaban J connectivity index is 1.83. The summed E-state index contributed by atoms with van der Waals surface area (Å²) in [6.07, 6.45) is 1.91. The van der Waals surface area contributed by atoms with Crippen LogP contribution in [0.4, 0.5) is 0 Å². The molecule has 0 radical (unpaired) electrons. The number of benzene rings is 1. The van der Waals surface area contributed by atoms with E-state index >= 15 is 0 Å². The van der Waals surface area contributed by atoms with Gasteiger partial charge in [-0.15, -0.1) is 10.2 Å². The van der Waals surface area contributed by atoms with Gasteiger partial charge in [0.05, 0.1) is 5.75 Å². The maximum atomic E-state index is 12.6. The zero-order valence-corrected chi connectivity index (χ0v) is 14.6. The van der Waals surface area contributed by atoms with Gasteiger partial charge in [0.1, 0.15) is 0 Å². The first-order chi connectivity index (χ1) is 11.0. The van der Waals surface area contributed by atoms with Gasteiger partial charge in [-0.2, -0.15) is 0 Å². The summed E-state index contributed by atoms with van der Waals surface area (Å²) in [5, 5.41) is 9.01. The highest BCUT2D eigenvalue weighted by atomic mass is 32.2. The fourth-order valence-electron chi connectivity index (χ4n) is 2.63. The molecule has 118 valence electrons. The molecule has 0 aliphatic rings. The normalized spacial score (nSPS) is 11.1. The van der Waals surface area contributed by atoms with Crippen LogP contribution in [0.25, 0.3) is 5.65 Å². The Kier molecular flexibility index (Phi) is 4.22. The molecule has 5 heteroatoms. The molecule has 3 aromatic rings. The number of hydrogen-bond acceptors (Lipinski definition) is 4. The van der Waals surface area contributed by atoms with Gasteiger partial charge in [0.2, 0.25) is 0 Å². The van der Waals surface area contributed by atoms with Crippen molar-refractivity contribution in [1.82, 2.24) is 14.6 Å². The van der Waals surface area contributed by atoms with Gasteiger partial charge in [-0.3, -0.25) is 9.20 Å². The van der Waals surface area contributed by atoms with Gasteiger partial charge >= 0.3 is 0 Å². The average molecular weight is 325 g/mol. The van der Waals surface area contributed by atoms with Crippen molar-refractivity contribution in [2.24, 2.45) is 0 Å². The molecule has 0 atom stereocenters. The van der Waals surface area contributed by atoms with Crippen LogP contribution in [0.15, 0.2) is 35.6 Å². The molecule has 0 amide bonds. The molecule has 0 aliphatic carbocycles. The van der Waals surface area contributed by atoms with Crippen LogP contribution in [-0.2, 0) is 0 Å². The van der Waals surface area contributed by atoms with E-state index in [0.717, 1.165) is 27.5 Å². The van der Waals surface area contributed by atoms with Crippen molar-refractivity contribution in [3.63, 3.8) is 0 Å². The molecule has 0 unspecified atom stereocenters. The average Bonchev–Trinajstić information content (AvgIpc) is 2.97. The number of thioether (sulfide) groups is 1. The van der Waals surface area contributed by atoms with E-state index in [-0.39, 0.29) is 5.78 Å². The SMILES string of the molecule is Cc1cc(C(=O)CSc2nnc3ccccn23)c(C)c(C)c1C. The first-order valence-electron chi connectivity index (χ1n) is 7.52. The fraction of sp³-hybridized carbons (Fsp3) is 0.278. The van der Waals surface area contributed by atoms with Crippen molar-refractivity contribution in [3.8, 4) is 0 Å². The van der Waals surface area contributed by atoms with Gasteiger partial charge in [0, 0.05) is 11.8 Å². The molecule has 4 nitrogen and oxygen atoms in total. The van der Waals surface area contributed by atoms with Crippen molar-refractivity contribution in [2.75, 3.05) is 5.75 Å². The third-order valence-electron chi connectivity index (χ3n) is 4.40. The van der Waals surface area contributed by atoms with Gasteiger partial charge in [0.25, 0.3) is 0 Å². The minimum Gasteiger partial charge on any atom is -0.293 e. The Labute approximate surface area is 139 Å². The second-order valence-corrected chi connectivity index (χ2v) is 6.68. The summed E-state index contributed by atoms with van der Waals surface area (Å²) in [6.45, 7) is 8.25. The maximum Gasteiger partial charge on any atom is 0.196 e. The van der Waals surface area contributed by atoms with Crippen molar-refractivity contribution < 1.29 is 4.79 Å². The van der Waals surface area contributed by atoms with E-state index in [1.807, 2.05) is 41.8 Å². The van der Waals surface area contributed by atoms with E-state index in [1.54, 1.807) is 0 Å². The van der Waals surface area contributed by atoms with Crippen LogP contribution in [0, 0.1) is 27.7 Å². The summed E-state index contributed by atoms with van der Waals surface area (Å²) in [6, 6.07) is 7.75. The second kappa shape index (κ2) is 6.16. The third kappa shape index (κ3) is 2.88. The highest BCUT2D eigenvalue weighted by Crippen LogP contribution is 2.24. The summed E-state index contributed by atoms with van der Waals surface area (Å²) in [4.78, 5) is 12.6. The molecule has 1 aromatic carbocycles. The summed E-state index contributed by atoms with van der Waals surface area (Å²) in [5.74, 6) is 0.491. The molecule has 0 fully saturated rings. The second-order valence-electron chi connectivity index (χ2n) is 5.74. The third-order valence-corrected chi connectivity index (χ3v) is 5.34. The van der Waals surface area contributed by atoms with Gasteiger partial charge in [-0.05, 0) is 68.1 Å². The van der Waals surface area contributed by atoms with Crippen molar-refractivity contribution in [3.05, 3.63) is 58.3 Å². The Morgan fingerprint density at radius 3 is 2.65 bits per heavy atom. The smallest absolute Gasteiger partial charge is 0.196 e. The lowest BCUT2D eigenvalue weighted by atomic mass is 9.93. The number of carbonyl (C=O) groups excluding carboxylic acids is 1. The van der Waals surface area contributed by atoms with E-state index in [1.165, 1.54) is 22.9 Å². The topological polar surface area (TPSA) is 47.3 Å². The number of pyridine rings is 1. The molecule has 0 bridgehead atoms. The number of carbonyl (C=O) groups is 1. The molecule has 2 heterocycles. The number of Topliss-reactive ketones (excluding diaryl/α,β-unsaturated/α-hetero) is 1. The fourth-order valence-corrected chi connectivity index (χ4v) is 3.44. The molecular weight excluding hydrogens is 306 g/mol. The monoisotopic (exact) mass is 325 g/mol.